The average Bonchev–Trinajstić information content (AvgIpc) is 3.17. The minimum Gasteiger partial charge on any atom is -0.494 e. The summed E-state index contributed by atoms with van der Waals surface area (Å²) >= 11 is 0. The van der Waals surface area contributed by atoms with Crippen molar-refractivity contribution < 1.29 is 33.8 Å². The number of hydrogen-bond acceptors (Lipinski definition) is 6. The molecule has 0 bridgehead atoms. The number of hydrogen-bond donors (Lipinski definition) is 4. The van der Waals surface area contributed by atoms with Crippen molar-refractivity contribution in [3.8, 4) is 17.1 Å². The molecule has 0 unspecified atom stereocenters. The third-order valence-corrected chi connectivity index (χ3v) is 4.07. The van der Waals surface area contributed by atoms with E-state index in [9.17, 15) is 14.4 Å². The topological polar surface area (TPSA) is 152 Å². The third-order valence-electron chi connectivity index (χ3n) is 4.07. The van der Waals surface area contributed by atoms with Crippen molar-refractivity contribution in [2.45, 2.75) is 31.7 Å². The molecule has 156 valence electrons. The lowest BCUT2D eigenvalue weighted by atomic mass is 10.2. The lowest BCUT2D eigenvalue weighted by Gasteiger charge is -2.10. The maximum absolute atomic E-state index is 12.1. The Labute approximate surface area is 167 Å². The average molecular weight is 404 g/mol. The fourth-order valence-electron chi connectivity index (χ4n) is 2.55. The number of amides is 1. The minimum atomic E-state index is -1.55. The highest BCUT2D eigenvalue weighted by Gasteiger charge is 2.25. The van der Waals surface area contributed by atoms with E-state index in [1.807, 2.05) is 0 Å². The quantitative estimate of drug-likeness (QED) is 0.393. The number of benzene rings is 1. The zero-order chi connectivity index (χ0) is 21.2. The summed E-state index contributed by atoms with van der Waals surface area (Å²) in [7, 11) is 0. The molecule has 1 aromatic heterocycles. The van der Waals surface area contributed by atoms with E-state index < -0.39 is 30.3 Å². The monoisotopic (exact) mass is 404 g/mol. The van der Waals surface area contributed by atoms with Crippen molar-refractivity contribution >= 4 is 17.8 Å². The van der Waals surface area contributed by atoms with Gasteiger partial charge in [0.15, 0.2) is 5.76 Å². The molecule has 2 rings (SSSR count). The van der Waals surface area contributed by atoms with Crippen LogP contribution in [0.1, 0.15) is 36.2 Å². The number of ether oxygens (including phenoxy) is 1. The van der Waals surface area contributed by atoms with Gasteiger partial charge in [0.2, 0.25) is 0 Å². The molecule has 0 aliphatic carbocycles. The van der Waals surface area contributed by atoms with Crippen LogP contribution in [-0.2, 0) is 9.59 Å². The Hall–Kier alpha value is -3.33. The molecule has 1 amide bonds. The van der Waals surface area contributed by atoms with Gasteiger partial charge in [-0.25, -0.2) is 4.79 Å². The van der Waals surface area contributed by atoms with Gasteiger partial charge in [0.25, 0.3) is 5.91 Å². The standard InChI is InChI=1S/C20H24N2O7/c21-10-2-1-3-11-28-14-6-4-13(5-7-14)16-8-9-17(29-16)19(25)22-15(20(26)27)12-18(23)24/h4-9,15H,1-3,10-12,21H2,(H,22,25)(H,23,24)(H,26,27)/t15-/m0/s1. The first-order valence-electron chi connectivity index (χ1n) is 9.19. The number of aliphatic carboxylic acids is 2. The van der Waals surface area contributed by atoms with Crippen molar-refractivity contribution in [1.82, 2.24) is 5.32 Å². The molecule has 0 fully saturated rings. The first-order valence-corrected chi connectivity index (χ1v) is 9.19. The number of furan rings is 1. The molecule has 1 atom stereocenters. The smallest absolute Gasteiger partial charge is 0.326 e. The van der Waals surface area contributed by atoms with Gasteiger partial charge in [-0.1, -0.05) is 0 Å². The van der Waals surface area contributed by atoms with E-state index in [1.165, 1.54) is 6.07 Å². The molecular weight excluding hydrogens is 380 g/mol. The molecule has 2 aromatic rings. The first kappa shape index (κ1) is 22.0. The number of carboxylic acid groups (broad SMARTS) is 2. The molecule has 1 aromatic carbocycles. The summed E-state index contributed by atoms with van der Waals surface area (Å²) in [6, 6.07) is 8.55. The van der Waals surface area contributed by atoms with Gasteiger partial charge in [-0.3, -0.25) is 9.59 Å². The zero-order valence-corrected chi connectivity index (χ0v) is 15.8. The Bertz CT molecular complexity index is 830. The number of rotatable bonds is 12. The van der Waals surface area contributed by atoms with E-state index in [2.05, 4.69) is 5.32 Å². The molecule has 0 saturated heterocycles. The number of carbonyl (C=O) groups excluding carboxylic acids is 1. The van der Waals surface area contributed by atoms with Gasteiger partial charge in [0.05, 0.1) is 13.0 Å². The van der Waals surface area contributed by atoms with Gasteiger partial charge < -0.3 is 30.4 Å². The molecule has 0 saturated carbocycles. The predicted molar refractivity (Wildman–Crippen MR) is 104 cm³/mol. The molecule has 0 aliphatic heterocycles. The molecule has 9 heteroatoms. The molecule has 0 spiro atoms. The van der Waals surface area contributed by atoms with Crippen LogP contribution in [-0.4, -0.2) is 47.3 Å². The zero-order valence-electron chi connectivity index (χ0n) is 15.8. The normalized spacial score (nSPS) is 11.6. The van der Waals surface area contributed by atoms with Gasteiger partial charge in [0.1, 0.15) is 17.6 Å². The Kier molecular flexibility index (Phi) is 8.23. The predicted octanol–water partition coefficient (Wildman–Crippen LogP) is 2.11. The molecule has 1 heterocycles. The number of unbranched alkanes of at least 4 members (excludes halogenated alkanes) is 2. The molecule has 0 aliphatic rings. The highest BCUT2D eigenvalue weighted by atomic mass is 16.5. The van der Waals surface area contributed by atoms with Crippen molar-refractivity contribution in [2.24, 2.45) is 5.73 Å². The second-order valence-corrected chi connectivity index (χ2v) is 6.35. The second kappa shape index (κ2) is 10.9. The third kappa shape index (κ3) is 6.96. The summed E-state index contributed by atoms with van der Waals surface area (Å²) in [5.41, 5.74) is 6.15. The van der Waals surface area contributed by atoms with Crippen LogP contribution >= 0.6 is 0 Å². The largest absolute Gasteiger partial charge is 0.494 e. The maximum Gasteiger partial charge on any atom is 0.326 e. The number of carbonyl (C=O) groups is 3. The minimum absolute atomic E-state index is 0.114. The van der Waals surface area contributed by atoms with Crippen molar-refractivity contribution in [3.05, 3.63) is 42.2 Å². The van der Waals surface area contributed by atoms with Crippen LogP contribution in [0.2, 0.25) is 0 Å². The van der Waals surface area contributed by atoms with Gasteiger partial charge in [-0.15, -0.1) is 0 Å². The summed E-state index contributed by atoms with van der Waals surface area (Å²) in [5, 5.41) is 19.9. The van der Waals surface area contributed by atoms with E-state index in [1.54, 1.807) is 30.3 Å². The van der Waals surface area contributed by atoms with E-state index >= 15 is 0 Å². The Morgan fingerprint density at radius 3 is 2.38 bits per heavy atom. The van der Waals surface area contributed by atoms with Gasteiger partial charge in [0, 0.05) is 5.56 Å². The molecule has 29 heavy (non-hydrogen) atoms. The highest BCUT2D eigenvalue weighted by molar-refractivity contribution is 5.95. The van der Waals surface area contributed by atoms with Crippen LogP contribution in [0.3, 0.4) is 0 Å². The number of carboxylic acids is 2. The molecule has 0 radical (unpaired) electrons. The lowest BCUT2D eigenvalue weighted by molar-refractivity contribution is -0.145. The summed E-state index contributed by atoms with van der Waals surface area (Å²) in [5.74, 6) is -2.57. The van der Waals surface area contributed by atoms with Gasteiger partial charge >= 0.3 is 11.9 Å². The van der Waals surface area contributed by atoms with Gasteiger partial charge in [-0.05, 0) is 62.2 Å². The van der Waals surface area contributed by atoms with E-state index in [0.717, 1.165) is 19.3 Å². The highest BCUT2D eigenvalue weighted by Crippen LogP contribution is 2.25. The van der Waals surface area contributed by atoms with Gasteiger partial charge in [-0.2, -0.15) is 0 Å². The maximum atomic E-state index is 12.1. The van der Waals surface area contributed by atoms with E-state index in [-0.39, 0.29) is 5.76 Å². The summed E-state index contributed by atoms with van der Waals surface area (Å²) in [6.07, 6.45) is 2.18. The van der Waals surface area contributed by atoms with Crippen molar-refractivity contribution in [2.75, 3.05) is 13.2 Å². The van der Waals surface area contributed by atoms with E-state index in [0.29, 0.717) is 30.2 Å². The lowest BCUT2D eigenvalue weighted by Crippen LogP contribution is -2.42. The van der Waals surface area contributed by atoms with Crippen molar-refractivity contribution in [3.63, 3.8) is 0 Å². The fourth-order valence-corrected chi connectivity index (χ4v) is 2.55. The second-order valence-electron chi connectivity index (χ2n) is 6.35. The van der Waals surface area contributed by atoms with Crippen molar-refractivity contribution in [1.29, 1.82) is 0 Å². The fraction of sp³-hybridized carbons (Fsp3) is 0.350. The van der Waals surface area contributed by atoms with Crippen LogP contribution in [0, 0.1) is 0 Å². The summed E-state index contributed by atoms with van der Waals surface area (Å²) in [4.78, 5) is 33.9. The Morgan fingerprint density at radius 1 is 1.03 bits per heavy atom. The summed E-state index contributed by atoms with van der Waals surface area (Å²) < 4.78 is 11.1. The van der Waals surface area contributed by atoms with Crippen LogP contribution in [0.5, 0.6) is 5.75 Å². The van der Waals surface area contributed by atoms with E-state index in [4.69, 9.17) is 25.1 Å². The van der Waals surface area contributed by atoms with Crippen LogP contribution < -0.4 is 15.8 Å². The molecule has 5 N–H and O–H groups in total. The molecule has 9 nitrogen and oxygen atoms in total. The SMILES string of the molecule is NCCCCCOc1ccc(-c2ccc(C(=O)N[C@@H](CC(=O)O)C(=O)O)o2)cc1. The Balaban J connectivity index is 1.95. The molecular formula is C20H24N2O7. The number of nitrogens with one attached hydrogen (secondary N) is 1. The number of nitrogens with two attached hydrogens (primary N) is 1. The Morgan fingerprint density at radius 2 is 1.76 bits per heavy atom. The summed E-state index contributed by atoms with van der Waals surface area (Å²) in [6.45, 7) is 1.28. The van der Waals surface area contributed by atoms with Crippen LogP contribution in [0.15, 0.2) is 40.8 Å². The first-order chi connectivity index (χ1) is 13.9. The van der Waals surface area contributed by atoms with Crippen LogP contribution in [0.25, 0.3) is 11.3 Å². The van der Waals surface area contributed by atoms with Crippen LogP contribution in [0.4, 0.5) is 0 Å².